The monoisotopic (exact) mass is 345 g/mol. The van der Waals surface area contributed by atoms with Gasteiger partial charge in [0.05, 0.1) is 6.54 Å². The highest BCUT2D eigenvalue weighted by Crippen LogP contribution is 2.16. The second-order valence-electron chi connectivity index (χ2n) is 6.71. The number of nitrogens with one attached hydrogen (secondary N) is 1. The van der Waals surface area contributed by atoms with Gasteiger partial charge in [0.2, 0.25) is 5.91 Å². The number of hydrogen-bond donors (Lipinski definition) is 1. The summed E-state index contributed by atoms with van der Waals surface area (Å²) in [5.41, 5.74) is 2.05. The summed E-state index contributed by atoms with van der Waals surface area (Å²) in [7, 11) is 0. The van der Waals surface area contributed by atoms with Gasteiger partial charge in [-0.25, -0.2) is 0 Å². The van der Waals surface area contributed by atoms with Crippen LogP contribution in [0.5, 0.6) is 0 Å². The van der Waals surface area contributed by atoms with Crippen LogP contribution < -0.4 is 5.32 Å². The van der Waals surface area contributed by atoms with Gasteiger partial charge in [-0.3, -0.25) is 14.5 Å². The summed E-state index contributed by atoms with van der Waals surface area (Å²) in [5, 5.41) is 2.96. The van der Waals surface area contributed by atoms with E-state index in [1.54, 1.807) is 0 Å². The molecule has 1 N–H and O–H groups in total. The molecule has 0 aliphatic carbocycles. The number of piperazine rings is 1. The lowest BCUT2D eigenvalue weighted by Crippen LogP contribution is -2.52. The fourth-order valence-corrected chi connectivity index (χ4v) is 3.38. The lowest BCUT2D eigenvalue weighted by Gasteiger charge is -2.35. The predicted molar refractivity (Wildman–Crippen MR) is 96.4 cm³/mol. The van der Waals surface area contributed by atoms with Crippen molar-refractivity contribution in [3.05, 3.63) is 29.8 Å². The van der Waals surface area contributed by atoms with Gasteiger partial charge >= 0.3 is 0 Å². The van der Waals surface area contributed by atoms with Gasteiger partial charge in [0, 0.05) is 38.5 Å². The lowest BCUT2D eigenvalue weighted by molar-refractivity contribution is -0.142. The molecule has 1 atom stereocenters. The van der Waals surface area contributed by atoms with E-state index in [-0.39, 0.29) is 17.9 Å². The minimum absolute atomic E-state index is 0.00726. The smallest absolute Gasteiger partial charge is 0.251 e. The summed E-state index contributed by atoms with van der Waals surface area (Å²) in [4.78, 5) is 28.6. The van der Waals surface area contributed by atoms with Crippen molar-refractivity contribution in [3.8, 4) is 0 Å². The van der Waals surface area contributed by atoms with E-state index in [9.17, 15) is 9.59 Å². The second-order valence-corrected chi connectivity index (χ2v) is 6.71. The highest BCUT2D eigenvalue weighted by atomic mass is 16.5. The molecule has 6 nitrogen and oxygen atoms in total. The third-order valence-electron chi connectivity index (χ3n) is 4.88. The Kier molecular flexibility index (Phi) is 6.04. The normalized spacial score (nSPS) is 21.3. The Morgan fingerprint density at radius 1 is 1.24 bits per heavy atom. The van der Waals surface area contributed by atoms with Crippen LogP contribution in [-0.4, -0.2) is 67.0 Å². The van der Waals surface area contributed by atoms with E-state index < -0.39 is 0 Å². The zero-order chi connectivity index (χ0) is 17.6. The number of carbonyl (C=O) groups is 2. The van der Waals surface area contributed by atoms with Gasteiger partial charge in [-0.2, -0.15) is 0 Å². The molecule has 25 heavy (non-hydrogen) atoms. The molecule has 2 fully saturated rings. The summed E-state index contributed by atoms with van der Waals surface area (Å²) in [6.45, 7) is 5.92. The van der Waals surface area contributed by atoms with Crippen LogP contribution in [0.15, 0.2) is 24.3 Å². The average molecular weight is 345 g/mol. The molecule has 2 heterocycles. The maximum absolute atomic E-state index is 12.3. The molecule has 2 saturated heterocycles. The Hall–Kier alpha value is -1.92. The number of anilines is 1. The fourth-order valence-electron chi connectivity index (χ4n) is 3.38. The van der Waals surface area contributed by atoms with E-state index >= 15 is 0 Å². The highest BCUT2D eigenvalue weighted by Gasteiger charge is 2.30. The number of amides is 2. The highest BCUT2D eigenvalue weighted by molar-refractivity contribution is 5.92. The summed E-state index contributed by atoms with van der Waals surface area (Å²) in [6.07, 6.45) is 2.50. The van der Waals surface area contributed by atoms with Crippen LogP contribution in [0.2, 0.25) is 0 Å². The van der Waals surface area contributed by atoms with Crippen molar-refractivity contribution in [3.63, 3.8) is 0 Å². The second kappa shape index (κ2) is 8.45. The van der Waals surface area contributed by atoms with Crippen molar-refractivity contribution in [1.29, 1.82) is 0 Å². The van der Waals surface area contributed by atoms with Gasteiger partial charge in [0.1, 0.15) is 6.10 Å². The molecule has 2 aliphatic rings. The van der Waals surface area contributed by atoms with E-state index in [0.29, 0.717) is 26.2 Å². The van der Waals surface area contributed by atoms with E-state index in [0.717, 1.165) is 38.0 Å². The third-order valence-corrected chi connectivity index (χ3v) is 4.88. The molecule has 1 aromatic rings. The van der Waals surface area contributed by atoms with Gasteiger partial charge in [0.25, 0.3) is 5.91 Å². The predicted octanol–water partition coefficient (Wildman–Crippen LogP) is 1.51. The summed E-state index contributed by atoms with van der Waals surface area (Å²) in [5.74, 6) is 0.102. The van der Waals surface area contributed by atoms with Crippen LogP contribution in [0.1, 0.15) is 25.3 Å². The first-order valence-electron chi connectivity index (χ1n) is 9.17. The number of rotatable bonds is 5. The van der Waals surface area contributed by atoms with E-state index in [1.165, 1.54) is 5.56 Å². The number of ether oxygens (including phenoxy) is 1. The van der Waals surface area contributed by atoms with Gasteiger partial charge in [0.15, 0.2) is 0 Å². The van der Waals surface area contributed by atoms with Gasteiger partial charge in [-0.15, -0.1) is 0 Å². The Labute approximate surface area is 149 Å². The van der Waals surface area contributed by atoms with Crippen molar-refractivity contribution in [2.24, 2.45) is 0 Å². The average Bonchev–Trinajstić information content (AvgIpc) is 3.16. The molecule has 3 rings (SSSR count). The molecule has 0 spiro atoms. The van der Waals surface area contributed by atoms with Crippen molar-refractivity contribution < 1.29 is 14.3 Å². The van der Waals surface area contributed by atoms with Crippen LogP contribution in [0, 0.1) is 0 Å². The van der Waals surface area contributed by atoms with E-state index in [1.807, 2.05) is 23.1 Å². The lowest BCUT2D eigenvalue weighted by atomic mass is 10.1. The molecule has 2 amide bonds. The van der Waals surface area contributed by atoms with Gasteiger partial charge < -0.3 is 15.0 Å². The summed E-state index contributed by atoms with van der Waals surface area (Å²) < 4.78 is 5.48. The first-order chi connectivity index (χ1) is 12.2. The van der Waals surface area contributed by atoms with Crippen LogP contribution in [0.4, 0.5) is 5.69 Å². The van der Waals surface area contributed by atoms with Crippen molar-refractivity contribution in [1.82, 2.24) is 9.80 Å². The topological polar surface area (TPSA) is 61.9 Å². The molecule has 0 radical (unpaired) electrons. The molecule has 0 aromatic heterocycles. The van der Waals surface area contributed by atoms with E-state index in [2.05, 4.69) is 23.2 Å². The zero-order valence-corrected chi connectivity index (χ0v) is 14.9. The number of hydrogen-bond acceptors (Lipinski definition) is 4. The first-order valence-corrected chi connectivity index (χ1v) is 9.17. The summed E-state index contributed by atoms with van der Waals surface area (Å²) in [6, 6.07) is 7.94. The quantitative estimate of drug-likeness (QED) is 0.879. The van der Waals surface area contributed by atoms with Crippen LogP contribution in [0.25, 0.3) is 0 Å². The molecular formula is C19H27N3O3. The Balaban J connectivity index is 1.43. The fraction of sp³-hybridized carbons (Fsp3) is 0.579. The first kappa shape index (κ1) is 17.9. The van der Waals surface area contributed by atoms with Crippen LogP contribution in [-0.2, 0) is 20.7 Å². The molecule has 0 saturated carbocycles. The molecule has 0 bridgehead atoms. The van der Waals surface area contributed by atoms with E-state index in [4.69, 9.17) is 4.74 Å². The molecule has 1 unspecified atom stereocenters. The Morgan fingerprint density at radius 3 is 2.72 bits per heavy atom. The number of carbonyl (C=O) groups excluding carboxylic acids is 2. The maximum Gasteiger partial charge on any atom is 0.251 e. The number of aryl methyl sites for hydroxylation is 1. The minimum Gasteiger partial charge on any atom is -0.368 e. The zero-order valence-electron chi connectivity index (χ0n) is 14.9. The van der Waals surface area contributed by atoms with Crippen molar-refractivity contribution in [2.75, 3.05) is 44.6 Å². The molecule has 6 heteroatoms. The summed E-state index contributed by atoms with van der Waals surface area (Å²) >= 11 is 0. The largest absolute Gasteiger partial charge is 0.368 e. The molecule has 136 valence electrons. The standard InChI is InChI=1S/C19H27N3O3/c1-2-15-5-3-6-16(13-15)20-18(23)14-21-8-10-22(11-9-21)19(24)17-7-4-12-25-17/h3,5-6,13,17H,2,4,7-12,14H2,1H3,(H,20,23). The molecule has 1 aromatic carbocycles. The SMILES string of the molecule is CCc1cccc(NC(=O)CN2CCN(C(=O)C3CCCO3)CC2)c1. The molecular weight excluding hydrogens is 318 g/mol. The minimum atomic E-state index is -0.249. The Bertz CT molecular complexity index is 606. The Morgan fingerprint density at radius 2 is 2.04 bits per heavy atom. The van der Waals surface area contributed by atoms with Gasteiger partial charge in [-0.1, -0.05) is 19.1 Å². The van der Waals surface area contributed by atoms with Gasteiger partial charge in [-0.05, 0) is 37.0 Å². The number of nitrogens with zero attached hydrogens (tertiary/aromatic N) is 2. The maximum atomic E-state index is 12.3. The van der Waals surface area contributed by atoms with Crippen LogP contribution >= 0.6 is 0 Å². The number of benzene rings is 1. The van der Waals surface area contributed by atoms with Crippen molar-refractivity contribution in [2.45, 2.75) is 32.3 Å². The van der Waals surface area contributed by atoms with Crippen molar-refractivity contribution >= 4 is 17.5 Å². The third kappa shape index (κ3) is 4.80. The molecule has 2 aliphatic heterocycles. The van der Waals surface area contributed by atoms with Crippen LogP contribution in [0.3, 0.4) is 0 Å².